The number of carbonyl (C=O) groups is 1. The summed E-state index contributed by atoms with van der Waals surface area (Å²) in [6.45, 7) is 4.27. The average Bonchev–Trinajstić information content (AvgIpc) is 2.13. The summed E-state index contributed by atoms with van der Waals surface area (Å²) < 4.78 is 0. The molecule has 0 aromatic heterocycles. The molecule has 0 atom stereocenters. The molecule has 3 nitrogen and oxygen atoms in total. The van der Waals surface area contributed by atoms with Gasteiger partial charge in [-0.25, -0.2) is 0 Å². The van der Waals surface area contributed by atoms with Gasteiger partial charge in [0.2, 0.25) is 0 Å². The fraction of sp³-hybridized carbons (Fsp3) is 0.556. The standard InChI is InChI=1S/C9H16N2OS/c1-7(6-13-4)5-11-9(12)8(2)10-3/h6H,5H2,1-4H3,(H,11,12)/b7-6+,10-8?. The Bertz CT molecular complexity index is 234. The van der Waals surface area contributed by atoms with Gasteiger partial charge in [-0.3, -0.25) is 9.79 Å². The lowest BCUT2D eigenvalue weighted by Crippen LogP contribution is -2.30. The predicted octanol–water partition coefficient (Wildman–Crippen LogP) is 1.46. The SMILES string of the molecule is CN=C(C)C(=O)NC/C(C)=C/SC. The number of amides is 1. The zero-order chi connectivity index (χ0) is 10.3. The van der Waals surface area contributed by atoms with Crippen LogP contribution in [0.25, 0.3) is 0 Å². The first-order chi connectivity index (χ1) is 6.11. The van der Waals surface area contributed by atoms with Crippen molar-refractivity contribution in [1.29, 1.82) is 0 Å². The summed E-state index contributed by atoms with van der Waals surface area (Å²) >= 11 is 1.63. The molecule has 0 bridgehead atoms. The second-order valence-corrected chi connectivity index (χ2v) is 3.40. The number of nitrogens with one attached hydrogen (secondary N) is 1. The molecule has 0 aliphatic rings. The van der Waals surface area contributed by atoms with Gasteiger partial charge >= 0.3 is 0 Å². The quantitative estimate of drug-likeness (QED) is 0.698. The predicted molar refractivity (Wildman–Crippen MR) is 59.3 cm³/mol. The van der Waals surface area contributed by atoms with E-state index in [1.165, 1.54) is 0 Å². The zero-order valence-electron chi connectivity index (χ0n) is 8.55. The van der Waals surface area contributed by atoms with Crippen LogP contribution in [0.15, 0.2) is 16.0 Å². The third kappa shape index (κ3) is 5.47. The maximum atomic E-state index is 11.2. The Labute approximate surface area is 83.7 Å². The van der Waals surface area contributed by atoms with Crippen LogP contribution in [0, 0.1) is 0 Å². The van der Waals surface area contributed by atoms with Crippen molar-refractivity contribution < 1.29 is 4.79 Å². The normalized spacial score (nSPS) is 12.9. The van der Waals surface area contributed by atoms with E-state index < -0.39 is 0 Å². The lowest BCUT2D eigenvalue weighted by Gasteiger charge is -2.03. The molecule has 4 heteroatoms. The highest BCUT2D eigenvalue weighted by Gasteiger charge is 2.02. The molecule has 0 aliphatic carbocycles. The van der Waals surface area contributed by atoms with Crippen molar-refractivity contribution in [3.05, 3.63) is 11.0 Å². The molecule has 0 spiro atoms. The number of thioether (sulfide) groups is 1. The van der Waals surface area contributed by atoms with Crippen LogP contribution in [0.5, 0.6) is 0 Å². The van der Waals surface area contributed by atoms with Crippen molar-refractivity contribution in [3.63, 3.8) is 0 Å². The smallest absolute Gasteiger partial charge is 0.265 e. The van der Waals surface area contributed by atoms with E-state index in [9.17, 15) is 4.79 Å². The van der Waals surface area contributed by atoms with E-state index in [1.54, 1.807) is 25.7 Å². The molecule has 74 valence electrons. The number of nitrogens with zero attached hydrogens (tertiary/aromatic N) is 1. The van der Waals surface area contributed by atoms with Crippen LogP contribution in [-0.2, 0) is 4.79 Å². The van der Waals surface area contributed by atoms with Crippen molar-refractivity contribution >= 4 is 23.4 Å². The van der Waals surface area contributed by atoms with E-state index in [4.69, 9.17) is 0 Å². The molecular formula is C9H16N2OS. The highest BCUT2D eigenvalue weighted by molar-refractivity contribution is 8.01. The van der Waals surface area contributed by atoms with Gasteiger partial charge in [0, 0.05) is 13.6 Å². The van der Waals surface area contributed by atoms with Gasteiger partial charge < -0.3 is 5.32 Å². The number of hydrogen-bond acceptors (Lipinski definition) is 3. The molecule has 0 aromatic carbocycles. The molecule has 0 unspecified atom stereocenters. The van der Waals surface area contributed by atoms with Crippen molar-refractivity contribution in [2.45, 2.75) is 13.8 Å². The summed E-state index contributed by atoms with van der Waals surface area (Å²) in [6, 6.07) is 0. The van der Waals surface area contributed by atoms with E-state index in [1.807, 2.05) is 18.6 Å². The van der Waals surface area contributed by atoms with Crippen LogP contribution in [0.2, 0.25) is 0 Å². The molecule has 0 heterocycles. The summed E-state index contributed by atoms with van der Waals surface area (Å²) in [4.78, 5) is 15.0. The molecule has 1 N–H and O–H groups in total. The molecule has 0 rings (SSSR count). The minimum atomic E-state index is -0.101. The fourth-order valence-electron chi connectivity index (χ4n) is 0.692. The van der Waals surface area contributed by atoms with E-state index in [0.29, 0.717) is 12.3 Å². The van der Waals surface area contributed by atoms with Gasteiger partial charge in [0.05, 0.1) is 5.71 Å². The van der Waals surface area contributed by atoms with Crippen molar-refractivity contribution in [2.24, 2.45) is 4.99 Å². The molecule has 1 amide bonds. The van der Waals surface area contributed by atoms with Crippen LogP contribution in [-0.4, -0.2) is 31.5 Å². The second-order valence-electron chi connectivity index (χ2n) is 2.69. The lowest BCUT2D eigenvalue weighted by atomic mass is 10.3. The Morgan fingerprint density at radius 3 is 2.62 bits per heavy atom. The van der Waals surface area contributed by atoms with Crippen molar-refractivity contribution in [3.8, 4) is 0 Å². The van der Waals surface area contributed by atoms with Crippen LogP contribution in [0.3, 0.4) is 0 Å². The fourth-order valence-corrected chi connectivity index (χ4v) is 1.18. The van der Waals surface area contributed by atoms with E-state index >= 15 is 0 Å². The minimum Gasteiger partial charge on any atom is -0.347 e. The van der Waals surface area contributed by atoms with E-state index in [2.05, 4.69) is 10.3 Å². The molecule has 0 radical (unpaired) electrons. The summed E-state index contributed by atoms with van der Waals surface area (Å²) in [6.07, 6.45) is 1.99. The maximum absolute atomic E-state index is 11.2. The maximum Gasteiger partial charge on any atom is 0.265 e. The Kier molecular flexibility index (Phi) is 6.32. The van der Waals surface area contributed by atoms with Gasteiger partial charge in [-0.05, 0) is 31.1 Å². The minimum absolute atomic E-state index is 0.101. The van der Waals surface area contributed by atoms with Gasteiger partial charge in [0.15, 0.2) is 0 Å². The second kappa shape index (κ2) is 6.71. The molecular weight excluding hydrogens is 184 g/mol. The molecule has 13 heavy (non-hydrogen) atoms. The highest BCUT2D eigenvalue weighted by Crippen LogP contribution is 2.00. The largest absolute Gasteiger partial charge is 0.347 e. The Balaban J connectivity index is 3.90. The van der Waals surface area contributed by atoms with Gasteiger partial charge in [0.1, 0.15) is 0 Å². The summed E-state index contributed by atoms with van der Waals surface area (Å²) in [5, 5.41) is 4.78. The third-order valence-electron chi connectivity index (χ3n) is 1.51. The third-order valence-corrected chi connectivity index (χ3v) is 2.15. The topological polar surface area (TPSA) is 41.5 Å². The molecule has 0 aliphatic heterocycles. The molecule has 0 aromatic rings. The summed E-state index contributed by atoms with van der Waals surface area (Å²) in [5.41, 5.74) is 1.65. The van der Waals surface area contributed by atoms with Crippen LogP contribution >= 0.6 is 11.8 Å². The van der Waals surface area contributed by atoms with Crippen molar-refractivity contribution in [2.75, 3.05) is 19.8 Å². The molecule has 0 fully saturated rings. The molecule has 0 saturated heterocycles. The number of aliphatic imine (C=N–C) groups is 1. The van der Waals surface area contributed by atoms with E-state index in [-0.39, 0.29) is 5.91 Å². The molecule has 0 saturated carbocycles. The first-order valence-corrected chi connectivity index (χ1v) is 5.30. The van der Waals surface area contributed by atoms with Crippen LogP contribution < -0.4 is 5.32 Å². The summed E-state index contributed by atoms with van der Waals surface area (Å²) in [7, 11) is 1.61. The monoisotopic (exact) mass is 200 g/mol. The Hall–Kier alpha value is -0.770. The summed E-state index contributed by atoms with van der Waals surface area (Å²) in [5.74, 6) is -0.101. The Morgan fingerprint density at radius 2 is 2.15 bits per heavy atom. The van der Waals surface area contributed by atoms with Gasteiger partial charge in [-0.1, -0.05) is 0 Å². The van der Waals surface area contributed by atoms with Crippen LogP contribution in [0.1, 0.15) is 13.8 Å². The first kappa shape index (κ1) is 12.2. The average molecular weight is 200 g/mol. The van der Waals surface area contributed by atoms with Crippen molar-refractivity contribution in [1.82, 2.24) is 5.32 Å². The first-order valence-electron chi connectivity index (χ1n) is 4.01. The lowest BCUT2D eigenvalue weighted by molar-refractivity contribution is -0.114. The highest BCUT2D eigenvalue weighted by atomic mass is 32.2. The number of carbonyl (C=O) groups excluding carboxylic acids is 1. The van der Waals surface area contributed by atoms with E-state index in [0.717, 1.165) is 5.57 Å². The Morgan fingerprint density at radius 1 is 1.54 bits per heavy atom. The van der Waals surface area contributed by atoms with Gasteiger partial charge in [-0.2, -0.15) is 0 Å². The van der Waals surface area contributed by atoms with Crippen LogP contribution in [0.4, 0.5) is 0 Å². The van der Waals surface area contributed by atoms with Gasteiger partial charge in [-0.15, -0.1) is 11.8 Å². The number of rotatable bonds is 4. The number of hydrogen-bond donors (Lipinski definition) is 1. The zero-order valence-corrected chi connectivity index (χ0v) is 9.36. The van der Waals surface area contributed by atoms with Gasteiger partial charge in [0.25, 0.3) is 5.91 Å².